The van der Waals surface area contributed by atoms with Gasteiger partial charge in [0.1, 0.15) is 25.3 Å². The van der Waals surface area contributed by atoms with Gasteiger partial charge in [0, 0.05) is 10.4 Å². The summed E-state index contributed by atoms with van der Waals surface area (Å²) < 4.78 is 35.7. The summed E-state index contributed by atoms with van der Waals surface area (Å²) in [6.07, 6.45) is -0.370. The maximum Gasteiger partial charge on any atom is 0.104 e. The molecule has 0 aliphatic carbocycles. The highest BCUT2D eigenvalue weighted by molar-refractivity contribution is 7.79. The second-order valence-electron chi connectivity index (χ2n) is 7.05. The number of likely N-dealkylation sites (N-methyl/N-ethyl adjacent to an activating group) is 2. The van der Waals surface area contributed by atoms with Gasteiger partial charge in [0.15, 0.2) is 0 Å². The molecule has 0 fully saturated rings. The average molecular weight is 332 g/mol. The molecule has 21 heavy (non-hydrogen) atoms. The van der Waals surface area contributed by atoms with E-state index in [9.17, 15) is 0 Å². The Kier molecular flexibility index (Phi) is 12.8. The van der Waals surface area contributed by atoms with Crippen molar-refractivity contribution in [1.82, 2.24) is 0 Å². The molecular formula is C12H32N2O6S. The standard InChI is InChI=1S/2C6H16NO.H2O4S/c2*1-6(8)5-7(2,3)4;1-5(2,3)4/h2*6,8H,5H2,1-4H3;(H2,1,2,3,4)/q2*+1;/p-2. The molecule has 0 aromatic heterocycles. The van der Waals surface area contributed by atoms with Crippen molar-refractivity contribution >= 4 is 10.4 Å². The van der Waals surface area contributed by atoms with Crippen LogP contribution in [-0.2, 0) is 10.4 Å². The van der Waals surface area contributed by atoms with Crippen LogP contribution in [0.25, 0.3) is 0 Å². The molecular weight excluding hydrogens is 300 g/mol. The van der Waals surface area contributed by atoms with Crippen LogP contribution in [0.5, 0.6) is 0 Å². The summed E-state index contributed by atoms with van der Waals surface area (Å²) in [7, 11) is 7.21. The average Bonchev–Trinajstić information content (AvgIpc) is 1.87. The van der Waals surface area contributed by atoms with E-state index in [0.717, 1.165) is 22.1 Å². The lowest BCUT2D eigenvalue weighted by molar-refractivity contribution is -0.873. The zero-order chi connectivity index (χ0) is 18.1. The zero-order valence-electron chi connectivity index (χ0n) is 14.4. The fraction of sp³-hybridized carbons (Fsp3) is 1.00. The Bertz CT molecular complexity index is 314. The molecule has 8 nitrogen and oxygen atoms in total. The van der Waals surface area contributed by atoms with Crippen LogP contribution in [0.3, 0.4) is 0 Å². The molecule has 9 heteroatoms. The molecule has 2 unspecified atom stereocenters. The molecule has 0 amide bonds. The monoisotopic (exact) mass is 332 g/mol. The van der Waals surface area contributed by atoms with Crippen molar-refractivity contribution in [2.45, 2.75) is 26.1 Å². The van der Waals surface area contributed by atoms with Crippen molar-refractivity contribution in [3.63, 3.8) is 0 Å². The van der Waals surface area contributed by atoms with E-state index in [-0.39, 0.29) is 12.2 Å². The van der Waals surface area contributed by atoms with Crippen molar-refractivity contribution in [3.8, 4) is 0 Å². The van der Waals surface area contributed by atoms with Gasteiger partial charge in [-0.25, -0.2) is 0 Å². The fourth-order valence-corrected chi connectivity index (χ4v) is 1.59. The highest BCUT2D eigenvalue weighted by atomic mass is 32.3. The number of nitrogens with zero attached hydrogens (tertiary/aromatic N) is 2. The van der Waals surface area contributed by atoms with Gasteiger partial charge < -0.3 is 28.3 Å². The van der Waals surface area contributed by atoms with Crippen LogP contribution in [0.4, 0.5) is 0 Å². The zero-order valence-corrected chi connectivity index (χ0v) is 15.2. The highest BCUT2D eigenvalue weighted by Crippen LogP contribution is 1.92. The Morgan fingerprint density at radius 2 is 0.952 bits per heavy atom. The van der Waals surface area contributed by atoms with E-state index in [2.05, 4.69) is 42.3 Å². The molecule has 0 bridgehead atoms. The molecule has 0 heterocycles. The Labute approximate surface area is 129 Å². The first-order valence-electron chi connectivity index (χ1n) is 6.47. The highest BCUT2D eigenvalue weighted by Gasteiger charge is 2.10. The summed E-state index contributed by atoms with van der Waals surface area (Å²) in [6.45, 7) is 5.26. The van der Waals surface area contributed by atoms with Crippen molar-refractivity contribution in [3.05, 3.63) is 0 Å². The normalized spacial score (nSPS) is 15.0. The predicted molar refractivity (Wildman–Crippen MR) is 79.6 cm³/mol. The van der Waals surface area contributed by atoms with Gasteiger partial charge in [-0.15, -0.1) is 0 Å². The summed E-state index contributed by atoms with van der Waals surface area (Å²) in [4.78, 5) is 0. The molecule has 0 rings (SSSR count). The summed E-state index contributed by atoms with van der Waals surface area (Å²) in [5.74, 6) is 0. The molecule has 132 valence electrons. The summed E-state index contributed by atoms with van der Waals surface area (Å²) in [5.41, 5.74) is 0. The molecule has 0 aliphatic rings. The molecule has 0 saturated heterocycles. The molecule has 2 N–H and O–H groups in total. The number of aliphatic hydroxyl groups is 2. The first-order valence-corrected chi connectivity index (χ1v) is 7.80. The van der Waals surface area contributed by atoms with Crippen LogP contribution in [0.15, 0.2) is 0 Å². The Hall–Kier alpha value is -0.290. The van der Waals surface area contributed by atoms with Crippen LogP contribution in [0, 0.1) is 0 Å². The van der Waals surface area contributed by atoms with Crippen LogP contribution < -0.4 is 0 Å². The lowest BCUT2D eigenvalue weighted by atomic mass is 10.3. The van der Waals surface area contributed by atoms with Gasteiger partial charge in [-0.1, -0.05) is 0 Å². The van der Waals surface area contributed by atoms with Crippen molar-refractivity contribution < 1.29 is 36.7 Å². The van der Waals surface area contributed by atoms with E-state index >= 15 is 0 Å². The summed E-state index contributed by atoms with van der Waals surface area (Å²) in [6, 6.07) is 0. The van der Waals surface area contributed by atoms with E-state index in [1.807, 2.05) is 13.8 Å². The SMILES string of the molecule is CC(O)C[N+](C)(C)C.CC(O)C[N+](C)(C)C.O=S(=O)([O-])[O-]. The van der Waals surface area contributed by atoms with Crippen molar-refractivity contribution in [1.29, 1.82) is 0 Å². The number of hydrogen-bond acceptors (Lipinski definition) is 6. The van der Waals surface area contributed by atoms with Gasteiger partial charge in [0.25, 0.3) is 0 Å². The first-order chi connectivity index (χ1) is 8.83. The predicted octanol–water partition coefficient (Wildman–Crippen LogP) is -1.19. The van der Waals surface area contributed by atoms with Gasteiger partial charge >= 0.3 is 0 Å². The molecule has 0 aliphatic heterocycles. The lowest BCUT2D eigenvalue weighted by Crippen LogP contribution is -2.40. The molecule has 0 aromatic carbocycles. The third kappa shape index (κ3) is 65.6. The van der Waals surface area contributed by atoms with E-state index in [0.29, 0.717) is 0 Å². The Morgan fingerprint density at radius 3 is 0.952 bits per heavy atom. The van der Waals surface area contributed by atoms with Crippen LogP contribution in [0.1, 0.15) is 13.8 Å². The van der Waals surface area contributed by atoms with Crippen LogP contribution in [-0.4, -0.2) is 104 Å². The molecule has 2 atom stereocenters. The van der Waals surface area contributed by atoms with Crippen molar-refractivity contribution in [2.75, 3.05) is 55.4 Å². The molecule has 0 spiro atoms. The first kappa shape index (κ1) is 25.7. The second kappa shape index (κ2) is 10.4. The number of hydrogen-bond donors (Lipinski definition) is 2. The Balaban J connectivity index is -0.000000239. The largest absolute Gasteiger partial charge is 0.759 e. The van der Waals surface area contributed by atoms with Gasteiger partial charge in [-0.2, -0.15) is 0 Å². The van der Waals surface area contributed by atoms with Crippen LogP contribution >= 0.6 is 0 Å². The molecule has 0 saturated carbocycles. The van der Waals surface area contributed by atoms with E-state index in [4.69, 9.17) is 27.7 Å². The second-order valence-corrected chi connectivity index (χ2v) is 7.87. The van der Waals surface area contributed by atoms with E-state index < -0.39 is 10.4 Å². The molecule has 0 aromatic rings. The van der Waals surface area contributed by atoms with Gasteiger partial charge in [0.05, 0.1) is 42.3 Å². The Morgan fingerprint density at radius 1 is 0.810 bits per heavy atom. The topological polar surface area (TPSA) is 121 Å². The molecule has 0 radical (unpaired) electrons. The summed E-state index contributed by atoms with van der Waals surface area (Å²) in [5, 5.41) is 17.7. The quantitative estimate of drug-likeness (QED) is 0.379. The number of aliphatic hydroxyl groups excluding tert-OH is 2. The minimum absolute atomic E-state index is 0.185. The van der Waals surface area contributed by atoms with E-state index in [1.165, 1.54) is 0 Å². The van der Waals surface area contributed by atoms with Gasteiger partial charge in [0.2, 0.25) is 0 Å². The number of quaternary nitrogens is 2. The fourth-order valence-electron chi connectivity index (χ4n) is 1.59. The summed E-state index contributed by atoms with van der Waals surface area (Å²) >= 11 is 0. The van der Waals surface area contributed by atoms with Crippen LogP contribution in [0.2, 0.25) is 0 Å². The maximum atomic E-state index is 8.87. The third-order valence-corrected chi connectivity index (χ3v) is 1.62. The smallest absolute Gasteiger partial charge is 0.104 e. The number of rotatable bonds is 4. The maximum absolute atomic E-state index is 8.87. The van der Waals surface area contributed by atoms with Gasteiger partial charge in [-0.3, -0.25) is 8.42 Å². The van der Waals surface area contributed by atoms with Gasteiger partial charge in [-0.05, 0) is 13.8 Å². The third-order valence-electron chi connectivity index (χ3n) is 1.62. The lowest BCUT2D eigenvalue weighted by Gasteiger charge is -2.24. The van der Waals surface area contributed by atoms with E-state index in [1.54, 1.807) is 0 Å². The van der Waals surface area contributed by atoms with Crippen molar-refractivity contribution in [2.24, 2.45) is 0 Å². The minimum atomic E-state index is -5.17. The minimum Gasteiger partial charge on any atom is -0.759 e.